The third-order valence-electron chi connectivity index (χ3n) is 4.40. The molecule has 6 nitrogen and oxygen atoms in total. The summed E-state index contributed by atoms with van der Waals surface area (Å²) in [5.41, 5.74) is 2.14. The molecule has 1 aromatic carbocycles. The second-order valence-electron chi connectivity index (χ2n) is 6.51. The van der Waals surface area contributed by atoms with E-state index in [1.807, 2.05) is 24.3 Å². The zero-order valence-electron chi connectivity index (χ0n) is 15.0. The maximum atomic E-state index is 11.9. The SMILES string of the molecule is COCc1ccc(CNC(=O)CCNC(=O)NC2CCCCC2)cc1. The van der Waals surface area contributed by atoms with Gasteiger partial charge < -0.3 is 20.7 Å². The van der Waals surface area contributed by atoms with E-state index in [2.05, 4.69) is 16.0 Å². The molecule has 2 rings (SSSR count). The summed E-state index contributed by atoms with van der Waals surface area (Å²) < 4.78 is 5.07. The minimum absolute atomic E-state index is 0.0704. The van der Waals surface area contributed by atoms with Crippen LogP contribution in [0.5, 0.6) is 0 Å². The predicted octanol–water partition coefficient (Wildman–Crippen LogP) is 2.47. The number of amides is 3. The molecule has 3 amide bonds. The van der Waals surface area contributed by atoms with E-state index in [-0.39, 0.29) is 24.4 Å². The zero-order chi connectivity index (χ0) is 17.9. The van der Waals surface area contributed by atoms with Crippen molar-refractivity contribution < 1.29 is 14.3 Å². The van der Waals surface area contributed by atoms with Gasteiger partial charge in [-0.25, -0.2) is 4.79 Å². The number of hydrogen-bond donors (Lipinski definition) is 3. The van der Waals surface area contributed by atoms with E-state index in [1.54, 1.807) is 7.11 Å². The number of hydrogen-bond acceptors (Lipinski definition) is 3. The summed E-state index contributed by atoms with van der Waals surface area (Å²) in [7, 11) is 1.66. The van der Waals surface area contributed by atoms with Crippen LogP contribution in [0.3, 0.4) is 0 Å². The lowest BCUT2D eigenvalue weighted by atomic mass is 9.96. The van der Waals surface area contributed by atoms with E-state index < -0.39 is 0 Å². The molecule has 138 valence electrons. The summed E-state index contributed by atoms with van der Waals surface area (Å²) in [5.74, 6) is -0.0704. The van der Waals surface area contributed by atoms with E-state index >= 15 is 0 Å². The van der Waals surface area contributed by atoms with Crippen molar-refractivity contribution in [3.63, 3.8) is 0 Å². The third-order valence-corrected chi connectivity index (χ3v) is 4.40. The van der Waals surface area contributed by atoms with Crippen molar-refractivity contribution in [1.82, 2.24) is 16.0 Å². The molecular weight excluding hydrogens is 318 g/mol. The molecule has 3 N–H and O–H groups in total. The lowest BCUT2D eigenvalue weighted by molar-refractivity contribution is -0.121. The Kier molecular flexibility index (Phi) is 8.25. The zero-order valence-corrected chi connectivity index (χ0v) is 15.0. The van der Waals surface area contributed by atoms with Crippen molar-refractivity contribution in [3.05, 3.63) is 35.4 Å². The van der Waals surface area contributed by atoms with Gasteiger partial charge in [-0.1, -0.05) is 43.5 Å². The van der Waals surface area contributed by atoms with Gasteiger partial charge in [0.15, 0.2) is 0 Å². The van der Waals surface area contributed by atoms with E-state index in [1.165, 1.54) is 19.3 Å². The molecule has 25 heavy (non-hydrogen) atoms. The number of methoxy groups -OCH3 is 1. The second-order valence-corrected chi connectivity index (χ2v) is 6.51. The molecule has 0 radical (unpaired) electrons. The van der Waals surface area contributed by atoms with Crippen LogP contribution in [0, 0.1) is 0 Å². The average Bonchev–Trinajstić information content (AvgIpc) is 2.62. The monoisotopic (exact) mass is 347 g/mol. The van der Waals surface area contributed by atoms with Crippen LogP contribution in [-0.2, 0) is 22.7 Å². The van der Waals surface area contributed by atoms with E-state index in [9.17, 15) is 9.59 Å². The second kappa shape index (κ2) is 10.7. The lowest BCUT2D eigenvalue weighted by Crippen LogP contribution is -2.43. The molecule has 0 aliphatic heterocycles. The Morgan fingerprint density at radius 3 is 2.40 bits per heavy atom. The Hall–Kier alpha value is -2.08. The van der Waals surface area contributed by atoms with Crippen LogP contribution in [0.25, 0.3) is 0 Å². The summed E-state index contributed by atoms with van der Waals surface area (Å²) >= 11 is 0. The minimum atomic E-state index is -0.173. The van der Waals surface area contributed by atoms with Crippen LogP contribution in [-0.4, -0.2) is 31.6 Å². The van der Waals surface area contributed by atoms with Gasteiger partial charge >= 0.3 is 6.03 Å². The Balaban J connectivity index is 1.57. The van der Waals surface area contributed by atoms with Gasteiger partial charge in [-0.05, 0) is 24.0 Å². The third kappa shape index (κ3) is 7.56. The smallest absolute Gasteiger partial charge is 0.315 e. The molecule has 0 spiro atoms. The van der Waals surface area contributed by atoms with Gasteiger partial charge in [0, 0.05) is 32.7 Å². The first kappa shape index (κ1) is 19.2. The maximum absolute atomic E-state index is 11.9. The van der Waals surface area contributed by atoms with E-state index in [0.29, 0.717) is 19.7 Å². The number of benzene rings is 1. The molecule has 0 saturated heterocycles. The van der Waals surface area contributed by atoms with Gasteiger partial charge in [0.25, 0.3) is 0 Å². The number of carbonyl (C=O) groups excluding carboxylic acids is 2. The van der Waals surface area contributed by atoms with Crippen molar-refractivity contribution in [2.45, 2.75) is 57.7 Å². The molecule has 0 bridgehead atoms. The molecule has 0 heterocycles. The van der Waals surface area contributed by atoms with Crippen molar-refractivity contribution >= 4 is 11.9 Å². The normalized spacial score (nSPS) is 14.8. The molecular formula is C19H29N3O3. The molecule has 1 saturated carbocycles. The van der Waals surface area contributed by atoms with Gasteiger partial charge in [0.2, 0.25) is 5.91 Å². The molecule has 0 aromatic heterocycles. The standard InChI is InChI=1S/C19H29N3O3/c1-25-14-16-9-7-15(8-10-16)13-21-18(23)11-12-20-19(24)22-17-5-3-2-4-6-17/h7-10,17H,2-6,11-14H2,1H3,(H,21,23)(H2,20,22,24). The maximum Gasteiger partial charge on any atom is 0.315 e. The Morgan fingerprint density at radius 1 is 1.04 bits per heavy atom. The Bertz CT molecular complexity index is 539. The summed E-state index contributed by atoms with van der Waals surface area (Å²) in [6.07, 6.45) is 6.00. The summed E-state index contributed by atoms with van der Waals surface area (Å²) in [6, 6.07) is 8.04. The van der Waals surface area contributed by atoms with Crippen LogP contribution in [0.15, 0.2) is 24.3 Å². The number of ether oxygens (including phenoxy) is 1. The first-order chi connectivity index (χ1) is 12.2. The first-order valence-electron chi connectivity index (χ1n) is 9.05. The molecule has 0 unspecified atom stereocenters. The summed E-state index contributed by atoms with van der Waals surface area (Å²) in [6.45, 7) is 1.42. The Morgan fingerprint density at radius 2 is 1.72 bits per heavy atom. The highest BCUT2D eigenvalue weighted by atomic mass is 16.5. The fourth-order valence-corrected chi connectivity index (χ4v) is 2.98. The predicted molar refractivity (Wildman–Crippen MR) is 97.0 cm³/mol. The number of rotatable bonds is 8. The van der Waals surface area contributed by atoms with Gasteiger partial charge in [0.1, 0.15) is 0 Å². The number of carbonyl (C=O) groups is 2. The lowest BCUT2D eigenvalue weighted by Gasteiger charge is -2.22. The molecule has 1 aliphatic carbocycles. The van der Waals surface area contributed by atoms with E-state index in [0.717, 1.165) is 24.0 Å². The molecule has 1 fully saturated rings. The number of nitrogens with one attached hydrogen (secondary N) is 3. The van der Waals surface area contributed by atoms with Crippen LogP contribution in [0.1, 0.15) is 49.7 Å². The van der Waals surface area contributed by atoms with Crippen LogP contribution >= 0.6 is 0 Å². The quantitative estimate of drug-likeness (QED) is 0.676. The van der Waals surface area contributed by atoms with Crippen molar-refractivity contribution in [1.29, 1.82) is 0 Å². The first-order valence-corrected chi connectivity index (χ1v) is 9.05. The van der Waals surface area contributed by atoms with Gasteiger partial charge in [-0.3, -0.25) is 4.79 Å². The Labute approximate surface area is 149 Å². The highest BCUT2D eigenvalue weighted by Gasteiger charge is 2.15. The topological polar surface area (TPSA) is 79.5 Å². The van der Waals surface area contributed by atoms with Crippen LogP contribution in [0.4, 0.5) is 4.79 Å². The fraction of sp³-hybridized carbons (Fsp3) is 0.579. The molecule has 0 atom stereocenters. The molecule has 6 heteroatoms. The van der Waals surface area contributed by atoms with E-state index in [4.69, 9.17) is 4.74 Å². The van der Waals surface area contributed by atoms with Crippen molar-refractivity contribution in [2.24, 2.45) is 0 Å². The van der Waals surface area contributed by atoms with Gasteiger partial charge in [-0.15, -0.1) is 0 Å². The van der Waals surface area contributed by atoms with Crippen LogP contribution < -0.4 is 16.0 Å². The summed E-state index contributed by atoms with van der Waals surface area (Å²) in [4.78, 5) is 23.6. The summed E-state index contributed by atoms with van der Waals surface area (Å²) in [5, 5.41) is 8.59. The van der Waals surface area contributed by atoms with Gasteiger partial charge in [-0.2, -0.15) is 0 Å². The fourth-order valence-electron chi connectivity index (χ4n) is 2.98. The minimum Gasteiger partial charge on any atom is -0.380 e. The van der Waals surface area contributed by atoms with Gasteiger partial charge in [0.05, 0.1) is 6.61 Å². The number of urea groups is 1. The van der Waals surface area contributed by atoms with Crippen molar-refractivity contribution in [3.8, 4) is 0 Å². The highest BCUT2D eigenvalue weighted by molar-refractivity contribution is 5.78. The molecule has 1 aromatic rings. The van der Waals surface area contributed by atoms with Crippen molar-refractivity contribution in [2.75, 3.05) is 13.7 Å². The van der Waals surface area contributed by atoms with Crippen LogP contribution in [0.2, 0.25) is 0 Å². The highest BCUT2D eigenvalue weighted by Crippen LogP contribution is 2.17. The molecule has 1 aliphatic rings. The largest absolute Gasteiger partial charge is 0.380 e. The average molecular weight is 347 g/mol.